The molecule has 0 amide bonds. The number of fused-ring (bicyclic) bond motifs is 1. The Bertz CT molecular complexity index is 844. The third-order valence-electron chi connectivity index (χ3n) is 4.39. The van der Waals surface area contributed by atoms with Gasteiger partial charge in [-0.25, -0.2) is 0 Å². The summed E-state index contributed by atoms with van der Waals surface area (Å²) < 4.78 is 2.32. The molecule has 0 N–H and O–H groups in total. The van der Waals surface area contributed by atoms with Gasteiger partial charge in [-0.05, 0) is 50.5 Å². The Labute approximate surface area is 126 Å². The molecule has 0 aliphatic heterocycles. The minimum absolute atomic E-state index is 1.28. The molecule has 0 radical (unpaired) electrons. The Hall–Kier alpha value is -2.15. The first-order valence-corrected chi connectivity index (χ1v) is 7.45. The maximum Gasteiger partial charge on any atom is 0.213 e. The number of hydrogen-bond donors (Lipinski definition) is 0. The van der Waals surface area contributed by atoms with Gasteiger partial charge < -0.3 is 0 Å². The van der Waals surface area contributed by atoms with Gasteiger partial charge in [0.05, 0.1) is 5.39 Å². The van der Waals surface area contributed by atoms with Crippen molar-refractivity contribution in [2.24, 2.45) is 7.05 Å². The maximum atomic E-state index is 2.32. The van der Waals surface area contributed by atoms with Crippen molar-refractivity contribution in [2.45, 2.75) is 27.7 Å². The van der Waals surface area contributed by atoms with Crippen LogP contribution in [-0.4, -0.2) is 0 Å². The standard InChI is InChI=1S/C20H22N/c1-13-9-10-14(2)17(11-13)19-12-16(4)20-15(3)7-6-8-18(20)21(19)5/h6-12H,1-5H3/q+1. The van der Waals surface area contributed by atoms with Crippen molar-refractivity contribution >= 4 is 10.9 Å². The number of aryl methyl sites for hydroxylation is 5. The Morgan fingerprint density at radius 1 is 0.762 bits per heavy atom. The SMILES string of the molecule is Cc1ccc(C)c(-c2cc(C)c3c(C)cccc3[n+]2C)c1. The predicted molar refractivity (Wildman–Crippen MR) is 89.5 cm³/mol. The predicted octanol–water partition coefficient (Wildman–Crippen LogP) is 4.56. The first kappa shape index (κ1) is 13.8. The highest BCUT2D eigenvalue weighted by Gasteiger charge is 2.18. The minimum Gasteiger partial charge on any atom is -0.194 e. The summed E-state index contributed by atoms with van der Waals surface area (Å²) in [7, 11) is 2.16. The second-order valence-corrected chi connectivity index (χ2v) is 6.06. The molecule has 3 aromatic rings. The molecule has 1 aromatic heterocycles. The molecule has 0 saturated heterocycles. The fourth-order valence-corrected chi connectivity index (χ4v) is 3.22. The van der Waals surface area contributed by atoms with E-state index in [2.05, 4.69) is 81.8 Å². The molecule has 0 aliphatic carbocycles. The van der Waals surface area contributed by atoms with E-state index >= 15 is 0 Å². The highest BCUT2D eigenvalue weighted by molar-refractivity contribution is 5.84. The molecule has 0 atom stereocenters. The van der Waals surface area contributed by atoms with Gasteiger partial charge in [0.2, 0.25) is 11.2 Å². The first-order chi connectivity index (χ1) is 9.99. The molecule has 2 aromatic carbocycles. The average molecular weight is 276 g/mol. The Morgan fingerprint density at radius 2 is 1.52 bits per heavy atom. The lowest BCUT2D eigenvalue weighted by Crippen LogP contribution is -2.32. The quantitative estimate of drug-likeness (QED) is 0.573. The van der Waals surface area contributed by atoms with Crippen LogP contribution in [0.2, 0.25) is 0 Å². The van der Waals surface area contributed by atoms with E-state index in [1.807, 2.05) is 0 Å². The van der Waals surface area contributed by atoms with E-state index in [-0.39, 0.29) is 0 Å². The van der Waals surface area contributed by atoms with Gasteiger partial charge in [0.25, 0.3) is 0 Å². The largest absolute Gasteiger partial charge is 0.213 e. The fourth-order valence-electron chi connectivity index (χ4n) is 3.22. The number of benzene rings is 2. The smallest absolute Gasteiger partial charge is 0.194 e. The summed E-state index contributed by atoms with van der Waals surface area (Å²) in [5, 5.41) is 1.37. The van der Waals surface area contributed by atoms with Crippen LogP contribution in [0.1, 0.15) is 22.3 Å². The summed E-state index contributed by atoms with van der Waals surface area (Å²) in [6.07, 6.45) is 0. The summed E-state index contributed by atoms with van der Waals surface area (Å²) in [6, 6.07) is 15.5. The van der Waals surface area contributed by atoms with Crippen LogP contribution >= 0.6 is 0 Å². The van der Waals surface area contributed by atoms with Gasteiger partial charge in [-0.15, -0.1) is 0 Å². The number of pyridine rings is 1. The van der Waals surface area contributed by atoms with Crippen molar-refractivity contribution in [2.75, 3.05) is 0 Å². The molecule has 1 heterocycles. The molecule has 0 unspecified atom stereocenters. The average Bonchev–Trinajstić information content (AvgIpc) is 2.45. The second-order valence-electron chi connectivity index (χ2n) is 6.06. The van der Waals surface area contributed by atoms with E-state index in [0.717, 1.165) is 0 Å². The Balaban J connectivity index is 2.40. The monoisotopic (exact) mass is 276 g/mol. The second kappa shape index (κ2) is 5.00. The van der Waals surface area contributed by atoms with E-state index in [1.165, 1.54) is 44.4 Å². The zero-order valence-corrected chi connectivity index (χ0v) is 13.5. The third-order valence-corrected chi connectivity index (χ3v) is 4.39. The maximum absolute atomic E-state index is 2.32. The molecule has 0 saturated carbocycles. The van der Waals surface area contributed by atoms with Crippen LogP contribution in [0.15, 0.2) is 42.5 Å². The molecular formula is C20H22N+. The van der Waals surface area contributed by atoms with E-state index in [4.69, 9.17) is 0 Å². The van der Waals surface area contributed by atoms with Crippen LogP contribution < -0.4 is 4.57 Å². The molecular weight excluding hydrogens is 254 g/mol. The van der Waals surface area contributed by atoms with Gasteiger partial charge in [0, 0.05) is 17.7 Å². The van der Waals surface area contributed by atoms with Gasteiger partial charge in [0.15, 0.2) is 0 Å². The molecule has 106 valence electrons. The summed E-state index contributed by atoms with van der Waals surface area (Å²) in [5.41, 5.74) is 9.21. The van der Waals surface area contributed by atoms with Gasteiger partial charge in [-0.2, -0.15) is 4.57 Å². The molecule has 21 heavy (non-hydrogen) atoms. The lowest BCUT2D eigenvalue weighted by molar-refractivity contribution is -0.633. The summed E-state index contributed by atoms with van der Waals surface area (Å²) in [5.74, 6) is 0. The van der Waals surface area contributed by atoms with Gasteiger partial charge in [-0.1, -0.05) is 29.8 Å². The van der Waals surface area contributed by atoms with Crippen molar-refractivity contribution in [3.05, 3.63) is 64.7 Å². The van der Waals surface area contributed by atoms with Crippen molar-refractivity contribution in [3.8, 4) is 11.3 Å². The fraction of sp³-hybridized carbons (Fsp3) is 0.250. The number of rotatable bonds is 1. The number of nitrogens with zero attached hydrogens (tertiary/aromatic N) is 1. The van der Waals surface area contributed by atoms with Crippen molar-refractivity contribution < 1.29 is 4.57 Å². The van der Waals surface area contributed by atoms with Gasteiger partial charge in [0.1, 0.15) is 7.05 Å². The van der Waals surface area contributed by atoms with Crippen LogP contribution in [0, 0.1) is 27.7 Å². The molecule has 0 spiro atoms. The topological polar surface area (TPSA) is 3.88 Å². The van der Waals surface area contributed by atoms with Crippen LogP contribution in [0.25, 0.3) is 22.2 Å². The van der Waals surface area contributed by atoms with Crippen LogP contribution in [0.5, 0.6) is 0 Å². The molecule has 0 aliphatic rings. The van der Waals surface area contributed by atoms with Gasteiger partial charge in [-0.3, -0.25) is 0 Å². The molecule has 3 rings (SSSR count). The van der Waals surface area contributed by atoms with Crippen LogP contribution in [0.4, 0.5) is 0 Å². The third kappa shape index (κ3) is 2.23. The normalized spacial score (nSPS) is 11.1. The van der Waals surface area contributed by atoms with E-state index in [9.17, 15) is 0 Å². The zero-order chi connectivity index (χ0) is 15.1. The zero-order valence-electron chi connectivity index (χ0n) is 13.5. The Morgan fingerprint density at radius 3 is 2.29 bits per heavy atom. The molecule has 0 fully saturated rings. The van der Waals surface area contributed by atoms with E-state index in [1.54, 1.807) is 0 Å². The van der Waals surface area contributed by atoms with E-state index in [0.29, 0.717) is 0 Å². The van der Waals surface area contributed by atoms with Crippen LogP contribution in [-0.2, 0) is 7.05 Å². The van der Waals surface area contributed by atoms with Gasteiger partial charge >= 0.3 is 0 Å². The summed E-state index contributed by atoms with van der Waals surface area (Å²) >= 11 is 0. The summed E-state index contributed by atoms with van der Waals surface area (Å²) in [6.45, 7) is 8.74. The minimum atomic E-state index is 1.28. The van der Waals surface area contributed by atoms with Crippen molar-refractivity contribution in [1.29, 1.82) is 0 Å². The number of hydrogen-bond acceptors (Lipinski definition) is 0. The van der Waals surface area contributed by atoms with E-state index < -0.39 is 0 Å². The van der Waals surface area contributed by atoms with Crippen LogP contribution in [0.3, 0.4) is 0 Å². The lowest BCUT2D eigenvalue weighted by atomic mass is 9.98. The summed E-state index contributed by atoms with van der Waals surface area (Å²) in [4.78, 5) is 0. The highest BCUT2D eigenvalue weighted by atomic mass is 14.9. The van der Waals surface area contributed by atoms with Crippen molar-refractivity contribution in [3.63, 3.8) is 0 Å². The Kier molecular flexibility index (Phi) is 3.29. The lowest BCUT2D eigenvalue weighted by Gasteiger charge is -2.10. The molecule has 1 nitrogen and oxygen atoms in total. The van der Waals surface area contributed by atoms with Crippen molar-refractivity contribution in [1.82, 2.24) is 0 Å². The highest BCUT2D eigenvalue weighted by Crippen LogP contribution is 2.27. The first-order valence-electron chi connectivity index (χ1n) is 7.45. The number of aromatic nitrogens is 1. The molecule has 1 heteroatoms. The molecule has 0 bridgehead atoms.